The third kappa shape index (κ3) is 6.63. The molecule has 10 heteroatoms. The molecule has 3 aliphatic heterocycles. The summed E-state index contributed by atoms with van der Waals surface area (Å²) in [7, 11) is 0. The second-order valence-electron chi connectivity index (χ2n) is 13.2. The first-order valence-electron chi connectivity index (χ1n) is 15.7. The lowest BCUT2D eigenvalue weighted by Crippen LogP contribution is -2.57. The highest BCUT2D eigenvalue weighted by atomic mass is 32.2. The number of carboxylic acids is 1. The van der Waals surface area contributed by atoms with Crippen molar-refractivity contribution in [2.75, 3.05) is 11.4 Å². The van der Waals surface area contributed by atoms with Crippen molar-refractivity contribution in [3.8, 4) is 0 Å². The van der Waals surface area contributed by atoms with Crippen molar-refractivity contribution in [3.05, 3.63) is 95.6 Å². The maximum atomic E-state index is 14.7. The Hall–Kier alpha value is -4.31. The molecule has 1 saturated heterocycles. The van der Waals surface area contributed by atoms with Crippen LogP contribution in [0.5, 0.6) is 0 Å². The zero-order valence-corrected chi connectivity index (χ0v) is 27.1. The van der Waals surface area contributed by atoms with Gasteiger partial charge in [0.05, 0.1) is 12.1 Å². The third-order valence-corrected chi connectivity index (χ3v) is 10.00. The van der Waals surface area contributed by atoms with Crippen molar-refractivity contribution in [3.63, 3.8) is 0 Å². The number of thioether (sulfide) groups is 1. The van der Waals surface area contributed by atoms with Gasteiger partial charge in [-0.3, -0.25) is 19.3 Å². The Morgan fingerprint density at radius 1 is 0.804 bits per heavy atom. The maximum Gasteiger partial charge on any atom is 0.415 e. The van der Waals surface area contributed by atoms with Gasteiger partial charge in [0.15, 0.2) is 0 Å². The summed E-state index contributed by atoms with van der Waals surface area (Å²) >= 11 is 1.62. The predicted molar refractivity (Wildman–Crippen MR) is 176 cm³/mol. The van der Waals surface area contributed by atoms with Crippen LogP contribution in [-0.4, -0.2) is 74.3 Å². The van der Waals surface area contributed by atoms with Crippen LogP contribution in [-0.2, 0) is 38.5 Å². The summed E-state index contributed by atoms with van der Waals surface area (Å²) in [6.45, 7) is 5.95. The van der Waals surface area contributed by atoms with Gasteiger partial charge in [-0.2, -0.15) is 0 Å². The molecule has 1 N–H and O–H groups in total. The number of ether oxygens (including phenoxy) is 1. The van der Waals surface area contributed by atoms with Crippen molar-refractivity contribution < 1.29 is 29.0 Å². The van der Waals surface area contributed by atoms with E-state index >= 15 is 0 Å². The van der Waals surface area contributed by atoms with Gasteiger partial charge in [-0.05, 0) is 68.5 Å². The minimum absolute atomic E-state index is 0.0749. The van der Waals surface area contributed by atoms with Gasteiger partial charge in [-0.15, -0.1) is 11.8 Å². The molecular weight excluding hydrogens is 602 g/mol. The molecule has 3 aromatic carbocycles. The van der Waals surface area contributed by atoms with Crippen molar-refractivity contribution in [2.45, 2.75) is 86.9 Å². The topological polar surface area (TPSA) is 107 Å². The van der Waals surface area contributed by atoms with Gasteiger partial charge in [0.25, 0.3) is 0 Å². The molecule has 240 valence electrons. The smallest absolute Gasteiger partial charge is 0.415 e. The fraction of sp³-hybridized carbons (Fsp3) is 0.389. The molecule has 3 aromatic rings. The summed E-state index contributed by atoms with van der Waals surface area (Å²) in [6, 6.07) is 22.9. The fourth-order valence-electron chi connectivity index (χ4n) is 6.78. The van der Waals surface area contributed by atoms with Gasteiger partial charge in [-0.25, -0.2) is 4.79 Å². The average Bonchev–Trinajstić information content (AvgIpc) is 3.61. The van der Waals surface area contributed by atoms with Crippen molar-refractivity contribution in [2.24, 2.45) is 0 Å². The molecule has 1 fully saturated rings. The Morgan fingerprint density at radius 2 is 1.43 bits per heavy atom. The van der Waals surface area contributed by atoms with Crippen molar-refractivity contribution >= 4 is 41.3 Å². The Morgan fingerprint density at radius 3 is 2.13 bits per heavy atom. The first kappa shape index (κ1) is 31.7. The standard InChI is InChI=1S/C36H39N3O6S/c1-36(2,3)45-35(44)39-29-16-10-9-12-24(29)18-31(39)34(43)38-22-28(46-27-14-5-4-6-15-27)20-30(38)33(42)37-21-25-13-8-7-11-23(25)17-26(37)19-32(40)41/h4-16,26,28,30-31H,17-22H2,1-3H3,(H,40,41)/t26?,28-,30+,31+/m0/s1. The molecule has 3 aliphatic rings. The number of likely N-dealkylation sites (tertiary alicyclic amines) is 1. The molecule has 1 unspecified atom stereocenters. The lowest BCUT2D eigenvalue weighted by Gasteiger charge is -2.40. The largest absolute Gasteiger partial charge is 0.481 e. The van der Waals surface area contributed by atoms with E-state index < -0.39 is 35.8 Å². The highest BCUT2D eigenvalue weighted by Crippen LogP contribution is 2.39. The van der Waals surface area contributed by atoms with Gasteiger partial charge in [0.2, 0.25) is 11.8 Å². The van der Waals surface area contributed by atoms with E-state index in [1.54, 1.807) is 42.3 Å². The summed E-state index contributed by atoms with van der Waals surface area (Å²) in [6.07, 6.45) is 0.353. The van der Waals surface area contributed by atoms with E-state index in [9.17, 15) is 24.3 Å². The molecule has 6 rings (SSSR count). The Kier molecular flexibility index (Phi) is 8.83. The van der Waals surface area contributed by atoms with E-state index in [0.29, 0.717) is 31.5 Å². The molecule has 0 aromatic heterocycles. The zero-order valence-electron chi connectivity index (χ0n) is 26.3. The number of para-hydroxylation sites is 1. The molecule has 46 heavy (non-hydrogen) atoms. The number of benzene rings is 3. The van der Waals surface area contributed by atoms with E-state index in [4.69, 9.17) is 4.74 Å². The Labute approximate surface area is 273 Å². The number of rotatable bonds is 6. The van der Waals surface area contributed by atoms with Gasteiger partial charge in [0, 0.05) is 35.7 Å². The second-order valence-corrected chi connectivity index (χ2v) is 14.6. The van der Waals surface area contributed by atoms with Crippen LogP contribution in [0.2, 0.25) is 0 Å². The quantitative estimate of drug-likeness (QED) is 0.377. The third-order valence-electron chi connectivity index (χ3n) is 8.78. The minimum Gasteiger partial charge on any atom is -0.481 e. The zero-order chi connectivity index (χ0) is 32.6. The molecule has 9 nitrogen and oxygen atoms in total. The SMILES string of the molecule is CC(C)(C)OC(=O)N1c2ccccc2C[C@@H]1C(=O)N1C[C@@H](Sc2ccccc2)C[C@@H]1C(=O)N1Cc2ccccc2CC1CC(=O)O. The molecule has 4 atom stereocenters. The van der Waals surface area contributed by atoms with Crippen LogP contribution in [0, 0.1) is 0 Å². The fourth-order valence-corrected chi connectivity index (χ4v) is 8.00. The Bertz CT molecular complexity index is 1640. The lowest BCUT2D eigenvalue weighted by molar-refractivity contribution is -0.148. The van der Waals surface area contributed by atoms with Crippen LogP contribution in [0.4, 0.5) is 10.5 Å². The molecule has 0 radical (unpaired) electrons. The van der Waals surface area contributed by atoms with Gasteiger partial charge < -0.3 is 19.6 Å². The van der Waals surface area contributed by atoms with E-state index in [1.807, 2.05) is 78.9 Å². The number of aliphatic carboxylic acids is 1. The number of anilines is 1. The number of carbonyl (C=O) groups is 4. The van der Waals surface area contributed by atoms with E-state index in [1.165, 1.54) is 4.90 Å². The average molecular weight is 642 g/mol. The molecule has 0 saturated carbocycles. The molecule has 3 heterocycles. The van der Waals surface area contributed by atoms with Gasteiger partial charge in [0.1, 0.15) is 17.7 Å². The number of carboxylic acid groups (broad SMARTS) is 1. The molecular formula is C36H39N3O6S. The van der Waals surface area contributed by atoms with E-state index in [0.717, 1.165) is 21.6 Å². The number of hydrogen-bond donors (Lipinski definition) is 1. The van der Waals surface area contributed by atoms with Crippen molar-refractivity contribution in [1.82, 2.24) is 9.80 Å². The molecule has 0 aliphatic carbocycles. The highest BCUT2D eigenvalue weighted by Gasteiger charge is 2.49. The summed E-state index contributed by atoms with van der Waals surface area (Å²) in [5.74, 6) is -1.55. The number of carbonyl (C=O) groups excluding carboxylic acids is 3. The number of hydrogen-bond acceptors (Lipinski definition) is 6. The highest BCUT2D eigenvalue weighted by molar-refractivity contribution is 8.00. The maximum absolute atomic E-state index is 14.7. The van der Waals surface area contributed by atoms with Crippen LogP contribution in [0.1, 0.15) is 50.3 Å². The second kappa shape index (κ2) is 12.8. The summed E-state index contributed by atoms with van der Waals surface area (Å²) < 4.78 is 5.76. The van der Waals surface area contributed by atoms with Crippen LogP contribution < -0.4 is 4.90 Å². The van der Waals surface area contributed by atoms with E-state index in [-0.39, 0.29) is 30.0 Å². The van der Waals surface area contributed by atoms with Crippen LogP contribution in [0.25, 0.3) is 0 Å². The van der Waals surface area contributed by atoms with Crippen LogP contribution in [0.15, 0.2) is 83.8 Å². The van der Waals surface area contributed by atoms with E-state index in [2.05, 4.69) is 0 Å². The Balaban J connectivity index is 1.33. The van der Waals surface area contributed by atoms with Crippen molar-refractivity contribution in [1.29, 1.82) is 0 Å². The molecule has 0 spiro atoms. The lowest BCUT2D eigenvalue weighted by atomic mass is 9.91. The predicted octanol–water partition coefficient (Wildman–Crippen LogP) is 5.54. The minimum atomic E-state index is -0.976. The normalized spacial score (nSPS) is 22.3. The number of amides is 3. The number of nitrogens with zero attached hydrogens (tertiary/aromatic N) is 3. The first-order chi connectivity index (χ1) is 22.0. The first-order valence-corrected chi connectivity index (χ1v) is 16.6. The van der Waals surface area contributed by atoms with Crippen LogP contribution in [0.3, 0.4) is 0 Å². The summed E-state index contributed by atoms with van der Waals surface area (Å²) in [4.78, 5) is 60.5. The number of fused-ring (bicyclic) bond motifs is 2. The summed E-state index contributed by atoms with van der Waals surface area (Å²) in [5.41, 5.74) is 2.73. The van der Waals surface area contributed by atoms with Gasteiger partial charge >= 0.3 is 12.1 Å². The van der Waals surface area contributed by atoms with Crippen LogP contribution >= 0.6 is 11.8 Å². The molecule has 0 bridgehead atoms. The monoisotopic (exact) mass is 641 g/mol. The van der Waals surface area contributed by atoms with Gasteiger partial charge in [-0.1, -0.05) is 60.7 Å². The summed E-state index contributed by atoms with van der Waals surface area (Å²) in [5, 5.41) is 9.69. The molecule has 3 amide bonds.